The van der Waals surface area contributed by atoms with Crippen LogP contribution in [-0.4, -0.2) is 47.8 Å². The Morgan fingerprint density at radius 1 is 1.20 bits per heavy atom. The topological polar surface area (TPSA) is 77.7 Å². The van der Waals surface area contributed by atoms with Crippen molar-refractivity contribution in [2.45, 2.75) is 64.0 Å². The highest BCUT2D eigenvalue weighted by Gasteiger charge is 2.34. The maximum Gasteiger partial charge on any atom is 0.252 e. The van der Waals surface area contributed by atoms with Crippen molar-refractivity contribution < 1.29 is 18.8 Å². The Labute approximate surface area is 149 Å². The average Bonchev–Trinajstić information content (AvgIpc) is 3.28. The van der Waals surface area contributed by atoms with Gasteiger partial charge in [-0.05, 0) is 31.6 Å². The van der Waals surface area contributed by atoms with E-state index in [0.717, 1.165) is 19.4 Å². The van der Waals surface area contributed by atoms with Crippen LogP contribution in [0.3, 0.4) is 0 Å². The van der Waals surface area contributed by atoms with E-state index in [2.05, 4.69) is 10.1 Å². The lowest BCUT2D eigenvalue weighted by atomic mass is 9.86. The molecule has 1 unspecified atom stereocenters. The second-order valence-corrected chi connectivity index (χ2v) is 7.05. The van der Waals surface area contributed by atoms with Crippen LogP contribution in [0.25, 0.3) is 0 Å². The van der Waals surface area contributed by atoms with Gasteiger partial charge in [-0.3, -0.25) is 4.79 Å². The van der Waals surface area contributed by atoms with Gasteiger partial charge in [-0.25, -0.2) is 0 Å². The van der Waals surface area contributed by atoms with Gasteiger partial charge in [0.2, 0.25) is 5.91 Å². The van der Waals surface area contributed by atoms with Crippen LogP contribution < -0.4 is 0 Å². The van der Waals surface area contributed by atoms with Gasteiger partial charge in [0, 0.05) is 20.1 Å². The van der Waals surface area contributed by atoms with Crippen LogP contribution in [-0.2, 0) is 20.9 Å². The fourth-order valence-corrected chi connectivity index (χ4v) is 3.85. The van der Waals surface area contributed by atoms with Gasteiger partial charge in [-0.1, -0.05) is 24.4 Å². The highest BCUT2D eigenvalue weighted by atomic mass is 16.5. The molecule has 7 nitrogen and oxygen atoms in total. The number of likely N-dealkylation sites (tertiary alicyclic amines) is 1. The molecule has 0 bridgehead atoms. The van der Waals surface area contributed by atoms with Crippen molar-refractivity contribution in [1.82, 2.24) is 15.0 Å². The van der Waals surface area contributed by atoms with Crippen LogP contribution >= 0.6 is 0 Å². The molecule has 1 amide bonds. The van der Waals surface area contributed by atoms with Crippen LogP contribution in [0, 0.1) is 5.92 Å². The molecule has 140 valence electrons. The molecule has 1 aliphatic carbocycles. The third-order valence-corrected chi connectivity index (χ3v) is 5.20. The Hall–Kier alpha value is -1.47. The van der Waals surface area contributed by atoms with Gasteiger partial charge in [-0.2, -0.15) is 4.98 Å². The van der Waals surface area contributed by atoms with Gasteiger partial charge in [-0.15, -0.1) is 0 Å². The number of hydrogen-bond donors (Lipinski definition) is 0. The van der Waals surface area contributed by atoms with E-state index in [4.69, 9.17) is 14.0 Å². The van der Waals surface area contributed by atoms with Crippen LogP contribution in [0.4, 0.5) is 0 Å². The second-order valence-electron chi connectivity index (χ2n) is 7.05. The Kier molecular flexibility index (Phi) is 6.81. The van der Waals surface area contributed by atoms with Crippen LogP contribution in [0.2, 0.25) is 0 Å². The fourth-order valence-electron chi connectivity index (χ4n) is 3.85. The fraction of sp³-hybridized carbons (Fsp3) is 0.833. The molecule has 7 heteroatoms. The van der Waals surface area contributed by atoms with E-state index in [9.17, 15) is 4.79 Å². The van der Waals surface area contributed by atoms with Gasteiger partial charge in [0.15, 0.2) is 5.82 Å². The Bertz CT molecular complexity index is 542. The Balaban J connectivity index is 1.53. The summed E-state index contributed by atoms with van der Waals surface area (Å²) in [7, 11) is 1.63. The minimum Gasteiger partial charge on any atom is -0.382 e. The molecule has 2 fully saturated rings. The minimum atomic E-state index is -0.0486. The lowest BCUT2D eigenvalue weighted by Crippen LogP contribution is -2.32. The molecule has 3 rings (SSSR count). The standard InChI is InChI=1S/C18H29N3O4/c1-23-10-11-24-13-16-19-18(20-25-16)15-8-5-9-21(15)17(22)12-14-6-3-2-4-7-14/h14-15H,2-13H2,1H3. The van der Waals surface area contributed by atoms with E-state index >= 15 is 0 Å². The van der Waals surface area contributed by atoms with Crippen molar-refractivity contribution in [3.8, 4) is 0 Å². The number of hydrogen-bond acceptors (Lipinski definition) is 6. The molecule has 2 heterocycles. The largest absolute Gasteiger partial charge is 0.382 e. The summed E-state index contributed by atoms with van der Waals surface area (Å²) in [5.41, 5.74) is 0. The minimum absolute atomic E-state index is 0.0486. The van der Waals surface area contributed by atoms with E-state index in [1.165, 1.54) is 32.1 Å². The predicted molar refractivity (Wildman–Crippen MR) is 90.7 cm³/mol. The summed E-state index contributed by atoms with van der Waals surface area (Å²) in [5.74, 6) is 1.87. The molecule has 1 atom stereocenters. The van der Waals surface area contributed by atoms with Crippen molar-refractivity contribution in [1.29, 1.82) is 0 Å². The molecule has 0 spiro atoms. The SMILES string of the molecule is COCCOCc1nc(C2CCCN2C(=O)CC2CCCCC2)no1. The Morgan fingerprint density at radius 3 is 2.84 bits per heavy atom. The third-order valence-electron chi connectivity index (χ3n) is 5.20. The summed E-state index contributed by atoms with van der Waals surface area (Å²) in [6, 6.07) is -0.0486. The predicted octanol–water partition coefficient (Wildman–Crippen LogP) is 2.87. The van der Waals surface area contributed by atoms with E-state index in [1.807, 2.05) is 4.90 Å². The van der Waals surface area contributed by atoms with Gasteiger partial charge in [0.05, 0.1) is 19.3 Å². The van der Waals surface area contributed by atoms with Crippen molar-refractivity contribution >= 4 is 5.91 Å². The normalized spacial score (nSPS) is 21.8. The van der Waals surface area contributed by atoms with E-state index in [0.29, 0.717) is 37.3 Å². The molecule has 0 radical (unpaired) electrons. The molecule has 0 aromatic carbocycles. The van der Waals surface area contributed by atoms with Crippen molar-refractivity contribution in [2.75, 3.05) is 26.9 Å². The summed E-state index contributed by atoms with van der Waals surface area (Å²) in [6.45, 7) is 2.10. The second kappa shape index (κ2) is 9.29. The molecular formula is C18H29N3O4. The zero-order chi connectivity index (χ0) is 17.5. The number of nitrogens with zero attached hydrogens (tertiary/aromatic N) is 3. The maximum absolute atomic E-state index is 12.7. The monoisotopic (exact) mass is 351 g/mol. The summed E-state index contributed by atoms with van der Waals surface area (Å²) in [5, 5.41) is 4.09. The van der Waals surface area contributed by atoms with Crippen molar-refractivity contribution in [3.05, 3.63) is 11.7 Å². The molecule has 0 N–H and O–H groups in total. The number of ether oxygens (including phenoxy) is 2. The van der Waals surface area contributed by atoms with Gasteiger partial charge in [0.25, 0.3) is 5.89 Å². The third kappa shape index (κ3) is 5.01. The number of carbonyl (C=O) groups excluding carboxylic acids is 1. The molecule has 25 heavy (non-hydrogen) atoms. The number of methoxy groups -OCH3 is 1. The zero-order valence-electron chi connectivity index (χ0n) is 15.1. The molecule has 1 aromatic rings. The zero-order valence-corrected chi connectivity index (χ0v) is 15.1. The average molecular weight is 351 g/mol. The molecule has 1 aliphatic heterocycles. The number of aromatic nitrogens is 2. The van der Waals surface area contributed by atoms with Crippen LogP contribution in [0.5, 0.6) is 0 Å². The molecular weight excluding hydrogens is 322 g/mol. The molecule has 1 saturated carbocycles. The summed E-state index contributed by atoms with van der Waals surface area (Å²) in [4.78, 5) is 19.1. The number of carbonyl (C=O) groups is 1. The number of rotatable bonds is 8. The smallest absolute Gasteiger partial charge is 0.252 e. The molecule has 1 saturated heterocycles. The number of amides is 1. The van der Waals surface area contributed by atoms with Crippen LogP contribution in [0.1, 0.15) is 69.1 Å². The Morgan fingerprint density at radius 2 is 2.04 bits per heavy atom. The van der Waals surface area contributed by atoms with Gasteiger partial charge < -0.3 is 18.9 Å². The quantitative estimate of drug-likeness (QED) is 0.670. The summed E-state index contributed by atoms with van der Waals surface area (Å²) in [6.07, 6.45) is 8.79. The maximum atomic E-state index is 12.7. The highest BCUT2D eigenvalue weighted by Crippen LogP contribution is 2.33. The van der Waals surface area contributed by atoms with E-state index in [-0.39, 0.29) is 18.6 Å². The van der Waals surface area contributed by atoms with E-state index < -0.39 is 0 Å². The van der Waals surface area contributed by atoms with E-state index in [1.54, 1.807) is 7.11 Å². The summed E-state index contributed by atoms with van der Waals surface area (Å²) < 4.78 is 15.6. The lowest BCUT2D eigenvalue weighted by molar-refractivity contribution is -0.133. The molecule has 1 aromatic heterocycles. The van der Waals surface area contributed by atoms with Crippen molar-refractivity contribution in [2.24, 2.45) is 5.92 Å². The first-order valence-electron chi connectivity index (χ1n) is 9.46. The highest BCUT2D eigenvalue weighted by molar-refractivity contribution is 5.77. The van der Waals surface area contributed by atoms with Crippen LogP contribution in [0.15, 0.2) is 4.52 Å². The first kappa shape index (κ1) is 18.3. The van der Waals surface area contributed by atoms with Crippen molar-refractivity contribution in [3.63, 3.8) is 0 Å². The van der Waals surface area contributed by atoms with Gasteiger partial charge >= 0.3 is 0 Å². The summed E-state index contributed by atoms with van der Waals surface area (Å²) >= 11 is 0. The lowest BCUT2D eigenvalue weighted by Gasteiger charge is -2.26. The first-order chi connectivity index (χ1) is 12.3. The van der Waals surface area contributed by atoms with Gasteiger partial charge in [0.1, 0.15) is 6.61 Å². The molecule has 2 aliphatic rings. The first-order valence-corrected chi connectivity index (χ1v) is 9.46.